The number of aryl methyl sites for hydroxylation is 2. The van der Waals surface area contributed by atoms with Gasteiger partial charge in [-0.3, -0.25) is 14.4 Å². The lowest BCUT2D eigenvalue weighted by molar-refractivity contribution is -0.121. The highest BCUT2D eigenvalue weighted by Gasteiger charge is 2.41. The van der Waals surface area contributed by atoms with Crippen molar-refractivity contribution in [3.63, 3.8) is 0 Å². The van der Waals surface area contributed by atoms with Crippen molar-refractivity contribution in [1.29, 1.82) is 0 Å². The van der Waals surface area contributed by atoms with Crippen LogP contribution in [0.25, 0.3) is 0 Å². The van der Waals surface area contributed by atoms with E-state index in [0.29, 0.717) is 22.8 Å². The number of imide groups is 1. The number of anilines is 3. The molecule has 8 heteroatoms. The molecule has 200 valence electrons. The van der Waals surface area contributed by atoms with Crippen molar-refractivity contribution in [2.24, 2.45) is 5.92 Å². The van der Waals surface area contributed by atoms with Crippen LogP contribution in [0.15, 0.2) is 82.2 Å². The summed E-state index contributed by atoms with van der Waals surface area (Å²) >= 11 is 1.20. The molecule has 1 heterocycles. The maximum atomic E-state index is 13.9. The maximum Gasteiger partial charge on any atom is 0.283 e. The number of rotatable bonds is 8. The molecule has 0 spiro atoms. The van der Waals surface area contributed by atoms with E-state index < -0.39 is 11.8 Å². The first-order valence-corrected chi connectivity index (χ1v) is 13.9. The number of ether oxygens (including phenoxy) is 1. The molecule has 7 nitrogen and oxygen atoms in total. The van der Waals surface area contributed by atoms with Gasteiger partial charge in [0.2, 0.25) is 5.91 Å². The zero-order valence-corrected chi connectivity index (χ0v) is 23.1. The molecule has 0 aromatic heterocycles. The summed E-state index contributed by atoms with van der Waals surface area (Å²) in [5.74, 6) is -0.400. The van der Waals surface area contributed by atoms with Gasteiger partial charge in [0.05, 0.1) is 12.8 Å². The number of thioether (sulfide) groups is 1. The van der Waals surface area contributed by atoms with E-state index in [4.69, 9.17) is 4.74 Å². The second-order valence-corrected chi connectivity index (χ2v) is 11.0. The lowest BCUT2D eigenvalue weighted by Crippen LogP contribution is -2.32. The molecule has 0 radical (unpaired) electrons. The van der Waals surface area contributed by atoms with Crippen molar-refractivity contribution < 1.29 is 19.1 Å². The van der Waals surface area contributed by atoms with E-state index in [1.807, 2.05) is 68.4 Å². The number of carbonyl (C=O) groups is 3. The lowest BCUT2D eigenvalue weighted by atomic mass is 10.1. The zero-order chi connectivity index (χ0) is 27.5. The monoisotopic (exact) mass is 541 g/mol. The fourth-order valence-electron chi connectivity index (χ4n) is 4.88. The normalized spacial score (nSPS) is 15.7. The van der Waals surface area contributed by atoms with Gasteiger partial charge >= 0.3 is 0 Å². The summed E-state index contributed by atoms with van der Waals surface area (Å²) in [6.07, 6.45) is 3.99. The Labute approximate surface area is 232 Å². The highest BCUT2D eigenvalue weighted by molar-refractivity contribution is 8.04. The molecule has 1 fully saturated rings. The van der Waals surface area contributed by atoms with Crippen molar-refractivity contribution in [2.45, 2.75) is 44.4 Å². The smallest absolute Gasteiger partial charge is 0.283 e. The van der Waals surface area contributed by atoms with Crippen LogP contribution in [0.2, 0.25) is 0 Å². The Morgan fingerprint density at radius 2 is 1.62 bits per heavy atom. The molecule has 1 aliphatic heterocycles. The number of carbonyl (C=O) groups excluding carboxylic acids is 3. The molecule has 39 heavy (non-hydrogen) atoms. The molecule has 2 aliphatic rings. The predicted octanol–water partition coefficient (Wildman–Crippen LogP) is 6.43. The molecule has 1 aliphatic carbocycles. The van der Waals surface area contributed by atoms with Crippen LogP contribution in [0.5, 0.6) is 5.75 Å². The van der Waals surface area contributed by atoms with Crippen molar-refractivity contribution in [3.8, 4) is 5.75 Å². The van der Waals surface area contributed by atoms with Crippen molar-refractivity contribution in [3.05, 3.63) is 88.5 Å². The average Bonchev–Trinajstić information content (AvgIpc) is 3.54. The number of methoxy groups -OCH3 is 1. The Balaban J connectivity index is 1.48. The van der Waals surface area contributed by atoms with Crippen LogP contribution in [0, 0.1) is 19.8 Å². The Kier molecular flexibility index (Phi) is 7.74. The van der Waals surface area contributed by atoms with Crippen LogP contribution >= 0.6 is 11.8 Å². The summed E-state index contributed by atoms with van der Waals surface area (Å²) in [4.78, 5) is 42.5. The molecule has 1 saturated carbocycles. The highest BCUT2D eigenvalue weighted by atomic mass is 32.2. The molecule has 0 atom stereocenters. The van der Waals surface area contributed by atoms with E-state index in [9.17, 15) is 14.4 Å². The van der Waals surface area contributed by atoms with E-state index in [-0.39, 0.29) is 22.4 Å². The van der Waals surface area contributed by atoms with Crippen LogP contribution in [0.3, 0.4) is 0 Å². The first-order chi connectivity index (χ1) is 18.8. The fraction of sp³-hybridized carbons (Fsp3) is 0.258. The van der Waals surface area contributed by atoms with Gasteiger partial charge in [-0.05, 0) is 74.7 Å². The average molecular weight is 542 g/mol. The van der Waals surface area contributed by atoms with E-state index in [2.05, 4.69) is 10.6 Å². The number of benzene rings is 3. The molecule has 0 bridgehead atoms. The summed E-state index contributed by atoms with van der Waals surface area (Å²) in [6.45, 7) is 3.88. The maximum absolute atomic E-state index is 13.9. The largest absolute Gasteiger partial charge is 0.495 e. The van der Waals surface area contributed by atoms with Gasteiger partial charge in [0.15, 0.2) is 0 Å². The van der Waals surface area contributed by atoms with Crippen LogP contribution in [-0.4, -0.2) is 24.8 Å². The van der Waals surface area contributed by atoms with E-state index in [1.54, 1.807) is 12.1 Å². The second kappa shape index (κ2) is 11.4. The van der Waals surface area contributed by atoms with Gasteiger partial charge < -0.3 is 15.4 Å². The molecule has 3 amide bonds. The highest BCUT2D eigenvalue weighted by Crippen LogP contribution is 2.41. The number of amides is 3. The Bertz CT molecular complexity index is 1460. The van der Waals surface area contributed by atoms with Crippen LogP contribution in [-0.2, 0) is 14.4 Å². The Morgan fingerprint density at radius 3 is 2.33 bits per heavy atom. The molecule has 3 aromatic rings. The Hall–Kier alpha value is -4.04. The molecule has 0 unspecified atom stereocenters. The van der Waals surface area contributed by atoms with Crippen LogP contribution in [0.4, 0.5) is 17.1 Å². The van der Waals surface area contributed by atoms with Crippen LogP contribution in [0.1, 0.15) is 36.8 Å². The van der Waals surface area contributed by atoms with Crippen LogP contribution < -0.4 is 20.3 Å². The van der Waals surface area contributed by atoms with Gasteiger partial charge in [-0.1, -0.05) is 54.4 Å². The fourth-order valence-corrected chi connectivity index (χ4v) is 5.86. The van der Waals surface area contributed by atoms with Crippen molar-refractivity contribution >= 4 is 46.5 Å². The lowest BCUT2D eigenvalue weighted by Gasteiger charge is -2.19. The van der Waals surface area contributed by atoms with Gasteiger partial charge in [0.1, 0.15) is 16.4 Å². The van der Waals surface area contributed by atoms with E-state index in [1.165, 1.54) is 18.9 Å². The van der Waals surface area contributed by atoms with Gasteiger partial charge in [-0.2, -0.15) is 0 Å². The van der Waals surface area contributed by atoms with E-state index in [0.717, 1.165) is 46.6 Å². The van der Waals surface area contributed by atoms with Gasteiger partial charge in [-0.15, -0.1) is 0 Å². The predicted molar refractivity (Wildman–Crippen MR) is 155 cm³/mol. The number of hydrogen-bond donors (Lipinski definition) is 2. The zero-order valence-electron chi connectivity index (χ0n) is 22.2. The second-order valence-electron chi connectivity index (χ2n) is 9.92. The summed E-state index contributed by atoms with van der Waals surface area (Å²) in [5, 5.41) is 6.21. The molecular weight excluding hydrogens is 510 g/mol. The summed E-state index contributed by atoms with van der Waals surface area (Å²) < 4.78 is 5.49. The topological polar surface area (TPSA) is 87.7 Å². The third-order valence-corrected chi connectivity index (χ3v) is 8.06. The van der Waals surface area contributed by atoms with Gasteiger partial charge in [0, 0.05) is 22.2 Å². The molecule has 3 aromatic carbocycles. The third kappa shape index (κ3) is 5.71. The molecule has 2 N–H and O–H groups in total. The van der Waals surface area contributed by atoms with Crippen molar-refractivity contribution in [1.82, 2.24) is 0 Å². The minimum Gasteiger partial charge on any atom is -0.495 e. The summed E-state index contributed by atoms with van der Waals surface area (Å²) in [6, 6.07) is 20.4. The molecular formula is C31H31N3O4S. The summed E-state index contributed by atoms with van der Waals surface area (Å²) in [5.41, 5.74) is 3.93. The molecule has 5 rings (SSSR count). The number of nitrogens with one attached hydrogen (secondary N) is 2. The first kappa shape index (κ1) is 26.6. The first-order valence-electron chi connectivity index (χ1n) is 13.0. The molecule has 0 saturated heterocycles. The minimum absolute atomic E-state index is 0.0282. The summed E-state index contributed by atoms with van der Waals surface area (Å²) in [7, 11) is 1.51. The van der Waals surface area contributed by atoms with Gasteiger partial charge in [-0.25, -0.2) is 4.90 Å². The Morgan fingerprint density at radius 1 is 0.897 bits per heavy atom. The van der Waals surface area contributed by atoms with E-state index >= 15 is 0 Å². The quantitative estimate of drug-likeness (QED) is 0.320. The van der Waals surface area contributed by atoms with Gasteiger partial charge in [0.25, 0.3) is 11.8 Å². The third-order valence-electron chi connectivity index (χ3n) is 6.98. The minimum atomic E-state index is -0.460. The SMILES string of the molecule is COc1ccc(C)cc1N1C(=O)C(Nc2ccc(C)cc2)=C(Sc2cccc(NC(=O)C3CCCC3)c2)C1=O. The number of nitrogens with zero attached hydrogens (tertiary/aromatic N) is 1. The standard InChI is InChI=1S/C31H31N3O4S/c1-19-11-14-22(15-12-19)32-27-28(31(37)34(30(27)36)25-17-20(2)13-16-26(25)38-3)39-24-10-6-9-23(18-24)33-29(35)21-7-4-5-8-21/h6,9-18,21,32H,4-5,7-8H2,1-3H3,(H,33,35). The number of hydrogen-bond acceptors (Lipinski definition) is 6. The van der Waals surface area contributed by atoms with Crippen molar-refractivity contribution in [2.75, 3.05) is 22.6 Å².